The zero-order valence-electron chi connectivity index (χ0n) is 11.9. The van der Waals surface area contributed by atoms with Crippen molar-refractivity contribution >= 4 is 17.5 Å². The molecule has 0 fully saturated rings. The van der Waals surface area contributed by atoms with Crippen LogP contribution in [0.15, 0.2) is 12.1 Å². The van der Waals surface area contributed by atoms with E-state index in [9.17, 15) is 4.79 Å². The lowest BCUT2D eigenvalue weighted by atomic mass is 10.1. The summed E-state index contributed by atoms with van der Waals surface area (Å²) in [5.74, 6) is 0.619. The van der Waals surface area contributed by atoms with Crippen LogP contribution in [0.3, 0.4) is 0 Å². The van der Waals surface area contributed by atoms with Crippen molar-refractivity contribution in [3.8, 4) is 5.75 Å². The van der Waals surface area contributed by atoms with Crippen molar-refractivity contribution in [3.63, 3.8) is 0 Å². The van der Waals surface area contributed by atoms with Gasteiger partial charge in [0.15, 0.2) is 0 Å². The lowest BCUT2D eigenvalue weighted by molar-refractivity contribution is 0.0953. The van der Waals surface area contributed by atoms with Crippen LogP contribution >= 0.6 is 11.6 Å². The molecule has 3 nitrogen and oxygen atoms in total. The predicted octanol–water partition coefficient (Wildman–Crippen LogP) is 3.83. The minimum absolute atomic E-state index is 0.113. The Kier molecular flexibility index (Phi) is 6.71. The Balaban J connectivity index is 2.80. The van der Waals surface area contributed by atoms with E-state index < -0.39 is 0 Å². The summed E-state index contributed by atoms with van der Waals surface area (Å²) in [7, 11) is 1.61. The molecule has 0 heterocycles. The number of hydrogen-bond acceptors (Lipinski definition) is 2. The van der Waals surface area contributed by atoms with Crippen molar-refractivity contribution in [2.24, 2.45) is 0 Å². The van der Waals surface area contributed by atoms with Gasteiger partial charge >= 0.3 is 0 Å². The van der Waals surface area contributed by atoms with Gasteiger partial charge in [0.25, 0.3) is 5.91 Å². The minimum Gasteiger partial charge on any atom is -0.496 e. The van der Waals surface area contributed by atoms with Crippen molar-refractivity contribution < 1.29 is 9.53 Å². The first kappa shape index (κ1) is 15.8. The molecule has 19 heavy (non-hydrogen) atoms. The average Bonchev–Trinajstić information content (AvgIpc) is 2.42. The Labute approximate surface area is 120 Å². The summed E-state index contributed by atoms with van der Waals surface area (Å²) in [5.41, 5.74) is 1.40. The molecule has 0 aliphatic heterocycles. The number of rotatable bonds is 7. The maximum absolute atomic E-state index is 12.1. The molecule has 1 rings (SSSR count). The Morgan fingerprint density at radius 1 is 1.32 bits per heavy atom. The van der Waals surface area contributed by atoms with E-state index in [0.29, 0.717) is 17.1 Å². The maximum atomic E-state index is 12.1. The van der Waals surface area contributed by atoms with Crippen molar-refractivity contribution in [2.75, 3.05) is 13.7 Å². The molecule has 1 aromatic rings. The molecule has 0 radical (unpaired) electrons. The third kappa shape index (κ3) is 4.13. The molecule has 0 spiro atoms. The van der Waals surface area contributed by atoms with Crippen molar-refractivity contribution in [1.29, 1.82) is 0 Å². The number of carbonyl (C=O) groups excluding carboxylic acids is 1. The van der Waals surface area contributed by atoms with Crippen molar-refractivity contribution in [3.05, 3.63) is 28.3 Å². The van der Waals surface area contributed by atoms with E-state index in [-0.39, 0.29) is 5.91 Å². The number of ether oxygens (including phenoxy) is 1. The summed E-state index contributed by atoms with van der Waals surface area (Å²) in [6.45, 7) is 4.82. The van der Waals surface area contributed by atoms with Crippen LogP contribution in [0.1, 0.15) is 49.0 Å². The summed E-state index contributed by atoms with van der Waals surface area (Å²) in [6.07, 6.45) is 3.99. The van der Waals surface area contributed by atoms with Gasteiger partial charge in [0, 0.05) is 12.1 Å². The molecule has 0 aliphatic carbocycles. The van der Waals surface area contributed by atoms with E-state index in [0.717, 1.165) is 37.0 Å². The highest BCUT2D eigenvalue weighted by atomic mass is 35.5. The average molecular weight is 284 g/mol. The third-order valence-corrected chi connectivity index (χ3v) is 3.52. The van der Waals surface area contributed by atoms with Gasteiger partial charge in [0.05, 0.1) is 17.7 Å². The van der Waals surface area contributed by atoms with Gasteiger partial charge in [-0.25, -0.2) is 0 Å². The summed E-state index contributed by atoms with van der Waals surface area (Å²) in [6, 6.07) is 3.52. The van der Waals surface area contributed by atoms with Gasteiger partial charge in [-0.2, -0.15) is 0 Å². The molecule has 1 amide bonds. The first-order valence-corrected chi connectivity index (χ1v) is 7.17. The van der Waals surface area contributed by atoms with Crippen LogP contribution in [0.5, 0.6) is 5.75 Å². The Hall–Kier alpha value is -1.22. The molecule has 0 saturated heterocycles. The largest absolute Gasteiger partial charge is 0.496 e. The quantitative estimate of drug-likeness (QED) is 0.772. The smallest absolute Gasteiger partial charge is 0.252 e. The van der Waals surface area contributed by atoms with Crippen LogP contribution in [0.25, 0.3) is 0 Å². The highest BCUT2D eigenvalue weighted by Crippen LogP contribution is 2.30. The number of nitrogens with one attached hydrogen (secondary N) is 1. The van der Waals surface area contributed by atoms with Gasteiger partial charge in [0.2, 0.25) is 0 Å². The topological polar surface area (TPSA) is 38.3 Å². The van der Waals surface area contributed by atoms with E-state index >= 15 is 0 Å². The van der Waals surface area contributed by atoms with Gasteiger partial charge in [-0.1, -0.05) is 38.3 Å². The van der Waals surface area contributed by atoms with Gasteiger partial charge in [-0.05, 0) is 25.0 Å². The van der Waals surface area contributed by atoms with Gasteiger partial charge in [-0.15, -0.1) is 0 Å². The number of hydrogen-bond donors (Lipinski definition) is 1. The van der Waals surface area contributed by atoms with E-state index in [1.54, 1.807) is 19.2 Å². The molecule has 0 unspecified atom stereocenters. The fourth-order valence-corrected chi connectivity index (χ4v) is 2.35. The maximum Gasteiger partial charge on any atom is 0.252 e. The molecule has 4 heteroatoms. The zero-order valence-corrected chi connectivity index (χ0v) is 12.6. The zero-order chi connectivity index (χ0) is 14.3. The van der Waals surface area contributed by atoms with Crippen LogP contribution in [0.2, 0.25) is 5.02 Å². The summed E-state index contributed by atoms with van der Waals surface area (Å²) in [5, 5.41) is 3.39. The molecule has 1 N–H and O–H groups in total. The molecule has 106 valence electrons. The summed E-state index contributed by atoms with van der Waals surface area (Å²) >= 11 is 6.29. The highest BCUT2D eigenvalue weighted by molar-refractivity contribution is 6.34. The number of benzene rings is 1. The highest BCUT2D eigenvalue weighted by Gasteiger charge is 2.15. The van der Waals surface area contributed by atoms with Crippen LogP contribution in [-0.4, -0.2) is 19.6 Å². The Morgan fingerprint density at radius 2 is 2.05 bits per heavy atom. The normalized spacial score (nSPS) is 10.3. The SMILES string of the molecule is CCCCCNC(=O)c1ccc(OC)c(CC)c1Cl. The fourth-order valence-electron chi connectivity index (χ4n) is 1.97. The number of carbonyl (C=O) groups is 1. The summed E-state index contributed by atoms with van der Waals surface area (Å²) in [4.78, 5) is 12.1. The fraction of sp³-hybridized carbons (Fsp3) is 0.533. The first-order chi connectivity index (χ1) is 9.15. The monoisotopic (exact) mass is 283 g/mol. The Morgan fingerprint density at radius 3 is 2.63 bits per heavy atom. The van der Waals surface area contributed by atoms with E-state index in [1.807, 2.05) is 6.92 Å². The lowest BCUT2D eigenvalue weighted by Crippen LogP contribution is -2.25. The summed E-state index contributed by atoms with van der Waals surface area (Å²) < 4.78 is 5.25. The number of unbranched alkanes of at least 4 members (excludes halogenated alkanes) is 2. The number of amides is 1. The molecule has 0 aromatic heterocycles. The Bertz CT molecular complexity index is 432. The van der Waals surface area contributed by atoms with E-state index in [1.165, 1.54) is 0 Å². The number of halogens is 1. The first-order valence-electron chi connectivity index (χ1n) is 6.79. The van der Waals surface area contributed by atoms with Crippen LogP contribution in [0, 0.1) is 0 Å². The van der Waals surface area contributed by atoms with Crippen LogP contribution in [0.4, 0.5) is 0 Å². The molecule has 0 aliphatic rings. The second-order valence-corrected chi connectivity index (χ2v) is 4.80. The molecular formula is C15H22ClNO2. The van der Waals surface area contributed by atoms with Crippen molar-refractivity contribution in [1.82, 2.24) is 5.32 Å². The second kappa shape index (κ2) is 8.05. The van der Waals surface area contributed by atoms with E-state index in [2.05, 4.69) is 12.2 Å². The lowest BCUT2D eigenvalue weighted by Gasteiger charge is -2.12. The van der Waals surface area contributed by atoms with Crippen LogP contribution in [-0.2, 0) is 6.42 Å². The van der Waals surface area contributed by atoms with Crippen LogP contribution < -0.4 is 10.1 Å². The minimum atomic E-state index is -0.113. The van der Waals surface area contributed by atoms with E-state index in [4.69, 9.17) is 16.3 Å². The predicted molar refractivity (Wildman–Crippen MR) is 79.2 cm³/mol. The molecule has 0 bridgehead atoms. The standard InChI is InChI=1S/C15H22ClNO2/c1-4-6-7-10-17-15(18)12-8-9-13(19-3)11(5-2)14(12)16/h8-9H,4-7,10H2,1-3H3,(H,17,18). The molecule has 1 aromatic carbocycles. The molecule has 0 saturated carbocycles. The van der Waals surface area contributed by atoms with Gasteiger partial charge in [0.1, 0.15) is 5.75 Å². The number of methoxy groups -OCH3 is 1. The van der Waals surface area contributed by atoms with Gasteiger partial charge < -0.3 is 10.1 Å². The molecular weight excluding hydrogens is 262 g/mol. The molecule has 0 atom stereocenters. The van der Waals surface area contributed by atoms with Gasteiger partial charge in [-0.3, -0.25) is 4.79 Å². The third-order valence-electron chi connectivity index (χ3n) is 3.08. The second-order valence-electron chi connectivity index (χ2n) is 4.42. The van der Waals surface area contributed by atoms with Crippen molar-refractivity contribution in [2.45, 2.75) is 39.5 Å².